The molecule has 0 spiro atoms. The van der Waals surface area contributed by atoms with Crippen molar-refractivity contribution in [2.24, 2.45) is 13.0 Å². The van der Waals surface area contributed by atoms with E-state index >= 15 is 0 Å². The van der Waals surface area contributed by atoms with Gasteiger partial charge >= 0.3 is 0 Å². The van der Waals surface area contributed by atoms with Crippen molar-refractivity contribution in [3.05, 3.63) is 42.4 Å². The van der Waals surface area contributed by atoms with Crippen molar-refractivity contribution in [3.8, 4) is 5.75 Å². The van der Waals surface area contributed by atoms with E-state index in [0.29, 0.717) is 0 Å². The lowest BCUT2D eigenvalue weighted by Gasteiger charge is -2.37. The first kappa shape index (κ1) is 26.8. The van der Waals surface area contributed by atoms with Crippen LogP contribution in [0.4, 0.5) is 0 Å². The summed E-state index contributed by atoms with van der Waals surface area (Å²) >= 11 is 0. The van der Waals surface area contributed by atoms with Crippen LogP contribution in [0, 0.1) is 5.92 Å². The number of imidazole rings is 1. The third-order valence-corrected chi connectivity index (χ3v) is 10.6. The Balaban J connectivity index is 1.74. The molecule has 36 heavy (non-hydrogen) atoms. The van der Waals surface area contributed by atoms with Crippen LogP contribution < -0.4 is 4.74 Å². The molecule has 10 nitrogen and oxygen atoms in total. The number of allylic oxidation sites excluding steroid dienone is 2. The van der Waals surface area contributed by atoms with E-state index in [4.69, 9.17) is 4.74 Å². The van der Waals surface area contributed by atoms with Gasteiger partial charge in [-0.2, -0.15) is 8.61 Å². The second kappa shape index (κ2) is 10.3. The Morgan fingerprint density at radius 1 is 1.33 bits per heavy atom. The van der Waals surface area contributed by atoms with Crippen molar-refractivity contribution in [1.29, 1.82) is 0 Å². The van der Waals surface area contributed by atoms with Crippen molar-refractivity contribution in [1.82, 2.24) is 18.2 Å². The van der Waals surface area contributed by atoms with Crippen molar-refractivity contribution >= 4 is 25.6 Å². The molecule has 1 aromatic heterocycles. The van der Waals surface area contributed by atoms with Crippen LogP contribution in [-0.4, -0.2) is 79.0 Å². The van der Waals surface area contributed by atoms with Gasteiger partial charge in [-0.25, -0.2) is 21.8 Å². The van der Waals surface area contributed by atoms with Crippen LogP contribution in [0.5, 0.6) is 5.75 Å². The van der Waals surface area contributed by atoms with Gasteiger partial charge in [0, 0.05) is 38.8 Å². The Hall–Kier alpha value is -2.25. The van der Waals surface area contributed by atoms with E-state index in [1.54, 1.807) is 36.7 Å². The van der Waals surface area contributed by atoms with E-state index in [0.717, 1.165) is 30.4 Å². The van der Waals surface area contributed by atoms with Gasteiger partial charge in [0.15, 0.2) is 5.03 Å². The molecule has 3 atom stereocenters. The summed E-state index contributed by atoms with van der Waals surface area (Å²) in [4.78, 5) is 3.99. The average molecular weight is 539 g/mol. The number of likely N-dealkylation sites (N-methyl/N-ethyl adjacent to an activating group) is 1. The molecule has 4 rings (SSSR count). The molecule has 2 heterocycles. The predicted molar refractivity (Wildman–Crippen MR) is 135 cm³/mol. The van der Waals surface area contributed by atoms with E-state index in [1.807, 2.05) is 6.92 Å². The highest BCUT2D eigenvalue weighted by Gasteiger charge is 2.39. The summed E-state index contributed by atoms with van der Waals surface area (Å²) in [7, 11) is -4.69. The number of nitrogens with zero attached hydrogens (tertiary/aromatic N) is 4. The van der Waals surface area contributed by atoms with Gasteiger partial charge in [0.05, 0.1) is 19.5 Å². The molecule has 1 N–H and O–H groups in total. The lowest BCUT2D eigenvalue weighted by molar-refractivity contribution is 0.0904. The molecule has 0 saturated heterocycles. The van der Waals surface area contributed by atoms with Crippen LogP contribution in [0.15, 0.2) is 46.7 Å². The van der Waals surface area contributed by atoms with Gasteiger partial charge in [-0.3, -0.25) is 0 Å². The summed E-state index contributed by atoms with van der Waals surface area (Å²) in [5.74, 6) is -0.187. The summed E-state index contributed by atoms with van der Waals surface area (Å²) in [6.07, 6.45) is 7.28. The maximum absolute atomic E-state index is 13.6. The molecule has 2 aromatic rings. The zero-order valence-electron chi connectivity index (χ0n) is 21.0. The molecule has 0 bridgehead atoms. The van der Waals surface area contributed by atoms with Gasteiger partial charge in [-0.15, -0.1) is 0 Å². The first-order valence-corrected chi connectivity index (χ1v) is 14.9. The number of rotatable bonds is 7. The predicted octanol–water partition coefficient (Wildman–Crippen LogP) is 2.08. The minimum atomic E-state index is -3.96. The molecule has 0 fully saturated rings. The quantitative estimate of drug-likeness (QED) is 0.573. The summed E-state index contributed by atoms with van der Waals surface area (Å²) in [6, 6.07) is 4.43. The highest BCUT2D eigenvalue weighted by molar-refractivity contribution is 7.89. The van der Waals surface area contributed by atoms with Crippen LogP contribution in [0.25, 0.3) is 5.57 Å². The van der Waals surface area contributed by atoms with Crippen molar-refractivity contribution < 1.29 is 26.7 Å². The van der Waals surface area contributed by atoms with E-state index in [9.17, 15) is 21.9 Å². The summed E-state index contributed by atoms with van der Waals surface area (Å²) in [5, 5.41) is 9.74. The number of hydrogen-bond acceptors (Lipinski definition) is 7. The van der Waals surface area contributed by atoms with Crippen LogP contribution in [0.1, 0.15) is 38.7 Å². The monoisotopic (exact) mass is 538 g/mol. The fraction of sp³-hybridized carbons (Fsp3) is 0.542. The van der Waals surface area contributed by atoms with Gasteiger partial charge in [0.1, 0.15) is 16.7 Å². The van der Waals surface area contributed by atoms with E-state index < -0.39 is 32.2 Å². The van der Waals surface area contributed by atoms with E-state index in [2.05, 4.69) is 11.1 Å². The number of aromatic nitrogens is 2. The van der Waals surface area contributed by atoms with Gasteiger partial charge in [-0.1, -0.05) is 19.1 Å². The molecule has 1 aliphatic heterocycles. The maximum atomic E-state index is 13.6. The zero-order chi connectivity index (χ0) is 26.3. The normalized spacial score (nSPS) is 23.4. The lowest BCUT2D eigenvalue weighted by atomic mass is 10.0. The van der Waals surface area contributed by atoms with Gasteiger partial charge in [0.25, 0.3) is 10.0 Å². The number of aliphatic hydroxyl groups is 1. The van der Waals surface area contributed by atoms with Crippen LogP contribution in [0.3, 0.4) is 0 Å². The van der Waals surface area contributed by atoms with Crippen LogP contribution in [-0.2, 0) is 27.1 Å². The Morgan fingerprint density at radius 2 is 2.08 bits per heavy atom. The molecule has 1 aliphatic carbocycles. The maximum Gasteiger partial charge on any atom is 0.261 e. The highest BCUT2D eigenvalue weighted by atomic mass is 32.2. The second-order valence-electron chi connectivity index (χ2n) is 9.69. The van der Waals surface area contributed by atoms with Crippen LogP contribution >= 0.6 is 0 Å². The minimum absolute atomic E-state index is 0.00612. The largest absolute Gasteiger partial charge is 0.487 e. The van der Waals surface area contributed by atoms with Crippen molar-refractivity contribution in [3.63, 3.8) is 0 Å². The molecular weight excluding hydrogens is 504 g/mol. The Kier molecular flexibility index (Phi) is 7.63. The molecular formula is C24H34N4O6S2. The number of benzene rings is 1. The summed E-state index contributed by atoms with van der Waals surface area (Å²) < 4.78 is 63.9. The molecule has 0 unspecified atom stereocenters. The number of aliphatic hydroxyl groups excluding tert-OH is 1. The first-order chi connectivity index (χ1) is 16.9. The molecule has 0 radical (unpaired) electrons. The van der Waals surface area contributed by atoms with E-state index in [-0.39, 0.29) is 41.3 Å². The molecule has 2 aliphatic rings. The smallest absolute Gasteiger partial charge is 0.261 e. The summed E-state index contributed by atoms with van der Waals surface area (Å²) in [6.45, 7) is 3.20. The number of hydrogen-bond donors (Lipinski definition) is 1. The first-order valence-electron chi connectivity index (χ1n) is 12.0. The average Bonchev–Trinajstić information content (AvgIpc) is 3.53. The summed E-state index contributed by atoms with van der Waals surface area (Å²) in [5.41, 5.74) is 2.03. The highest BCUT2D eigenvalue weighted by Crippen LogP contribution is 2.37. The van der Waals surface area contributed by atoms with Crippen molar-refractivity contribution in [2.45, 2.75) is 55.2 Å². The Labute approximate surface area is 213 Å². The second-order valence-corrected chi connectivity index (χ2v) is 13.5. The molecule has 198 valence electrons. The van der Waals surface area contributed by atoms with Gasteiger partial charge in [0.2, 0.25) is 10.0 Å². The molecule has 0 saturated carbocycles. The van der Waals surface area contributed by atoms with E-state index in [1.165, 1.54) is 28.2 Å². The Bertz CT molecular complexity index is 1350. The third kappa shape index (κ3) is 5.10. The van der Waals surface area contributed by atoms with Crippen molar-refractivity contribution in [2.75, 3.05) is 26.7 Å². The van der Waals surface area contributed by atoms with Crippen LogP contribution in [0.2, 0.25) is 0 Å². The zero-order valence-corrected chi connectivity index (χ0v) is 22.7. The number of sulfonamides is 2. The Morgan fingerprint density at radius 3 is 2.69 bits per heavy atom. The SMILES string of the molecule is C[C@H](CO)N1C[C@H](C)[C@H](CN(C)S(=O)(=O)c2cn(C)cn2)Oc2cc(C3=CCCC3)ccc2S1(=O)=O. The van der Waals surface area contributed by atoms with Gasteiger partial charge in [-0.05, 0) is 49.5 Å². The lowest BCUT2D eigenvalue weighted by Crippen LogP contribution is -2.50. The fourth-order valence-corrected chi connectivity index (χ4v) is 7.58. The topological polar surface area (TPSA) is 122 Å². The molecule has 0 amide bonds. The van der Waals surface area contributed by atoms with Gasteiger partial charge < -0.3 is 14.4 Å². The third-order valence-electron chi connectivity index (χ3n) is 6.87. The fourth-order valence-electron chi connectivity index (χ4n) is 4.61. The minimum Gasteiger partial charge on any atom is -0.487 e. The number of aryl methyl sites for hydroxylation is 1. The standard InChI is InChI=1S/C24H34N4O6S2/c1-17-12-28(18(2)15-29)35(30,31)23-10-9-20(19-7-5-6-8-19)11-21(23)34-22(17)13-27(4)36(32,33)24-14-26(3)16-25-24/h7,9-11,14,16-18,22,29H,5-6,8,12-13,15H2,1-4H3/t17-,18+,22-/m0/s1. The molecule has 1 aromatic carbocycles. The number of ether oxygens (including phenoxy) is 1. The molecule has 12 heteroatoms. The number of fused-ring (bicyclic) bond motifs is 1.